The van der Waals surface area contributed by atoms with E-state index >= 15 is 0 Å². The first-order chi connectivity index (χ1) is 7.12. The lowest BCUT2D eigenvalue weighted by atomic mass is 9.59. The smallest absolute Gasteiger partial charge is 0.0686 e. The number of hydrogen-bond donors (Lipinski definition) is 1. The summed E-state index contributed by atoms with van der Waals surface area (Å²) in [5, 5.41) is 10.5. The predicted octanol–water partition coefficient (Wildman–Crippen LogP) is 2.50. The summed E-state index contributed by atoms with van der Waals surface area (Å²) in [7, 11) is 0. The van der Waals surface area contributed by atoms with Crippen LogP contribution < -0.4 is 0 Å². The third-order valence-electron chi connectivity index (χ3n) is 4.92. The Hall–Kier alpha value is -0.0800. The molecule has 0 amide bonds. The maximum Gasteiger partial charge on any atom is 0.0686 e. The van der Waals surface area contributed by atoms with Crippen molar-refractivity contribution in [3.8, 4) is 0 Å². The fraction of sp³-hybridized carbons (Fsp3) is 1.00. The largest absolute Gasteiger partial charge is 0.390 e. The van der Waals surface area contributed by atoms with Gasteiger partial charge in [0.15, 0.2) is 0 Å². The fourth-order valence-corrected chi connectivity index (χ4v) is 3.89. The van der Waals surface area contributed by atoms with Crippen LogP contribution in [0.4, 0.5) is 0 Å². The van der Waals surface area contributed by atoms with E-state index in [0.29, 0.717) is 5.92 Å². The van der Waals surface area contributed by atoms with Gasteiger partial charge in [0.25, 0.3) is 0 Å². The Labute approximate surface area is 92.0 Å². The highest BCUT2D eigenvalue weighted by Crippen LogP contribution is 2.52. The van der Waals surface area contributed by atoms with Crippen molar-refractivity contribution in [3.63, 3.8) is 0 Å². The minimum Gasteiger partial charge on any atom is -0.390 e. The highest BCUT2D eigenvalue weighted by Gasteiger charge is 2.52. The molecule has 2 saturated carbocycles. The predicted molar refractivity (Wildman–Crippen MR) is 58.6 cm³/mol. The molecule has 0 aromatic carbocycles. The second-order valence-corrected chi connectivity index (χ2v) is 6.19. The Morgan fingerprint density at radius 3 is 2.47 bits per heavy atom. The summed E-state index contributed by atoms with van der Waals surface area (Å²) in [4.78, 5) is 0. The first kappa shape index (κ1) is 10.1. The average molecular weight is 210 g/mol. The number of hydrogen-bond acceptors (Lipinski definition) is 2. The Morgan fingerprint density at radius 2 is 1.93 bits per heavy atom. The van der Waals surface area contributed by atoms with Crippen molar-refractivity contribution in [2.75, 3.05) is 6.61 Å². The standard InChI is InChI=1S/C13H22O2/c1-10-7-13(14,8-10)11-3-6-15-12(9-11)4-2-5-12/h10-11,14H,2-9H2,1H3. The summed E-state index contributed by atoms with van der Waals surface area (Å²) in [5.41, 5.74) is -0.136. The monoisotopic (exact) mass is 210 g/mol. The van der Waals surface area contributed by atoms with E-state index in [2.05, 4.69) is 6.92 Å². The lowest BCUT2D eigenvalue weighted by Crippen LogP contribution is -2.56. The summed E-state index contributed by atoms with van der Waals surface area (Å²) in [6, 6.07) is 0. The van der Waals surface area contributed by atoms with Crippen molar-refractivity contribution >= 4 is 0 Å². The van der Waals surface area contributed by atoms with Crippen LogP contribution >= 0.6 is 0 Å². The number of rotatable bonds is 1. The van der Waals surface area contributed by atoms with E-state index in [1.165, 1.54) is 19.3 Å². The van der Waals surface area contributed by atoms with Crippen LogP contribution in [0.3, 0.4) is 0 Å². The summed E-state index contributed by atoms with van der Waals surface area (Å²) in [6.45, 7) is 3.12. The molecule has 1 aliphatic heterocycles. The van der Waals surface area contributed by atoms with E-state index in [1.54, 1.807) is 0 Å². The van der Waals surface area contributed by atoms with Crippen molar-refractivity contribution in [1.82, 2.24) is 0 Å². The SMILES string of the molecule is CC1CC(O)(C2CCOC3(CCC3)C2)C1. The quantitative estimate of drug-likeness (QED) is 0.720. The van der Waals surface area contributed by atoms with Crippen molar-refractivity contribution in [2.45, 2.75) is 63.1 Å². The molecule has 3 fully saturated rings. The average Bonchev–Trinajstić information content (AvgIpc) is 2.13. The van der Waals surface area contributed by atoms with Gasteiger partial charge in [0.05, 0.1) is 11.2 Å². The van der Waals surface area contributed by atoms with Crippen LogP contribution in [-0.2, 0) is 4.74 Å². The highest BCUT2D eigenvalue weighted by molar-refractivity contribution is 5.03. The van der Waals surface area contributed by atoms with Gasteiger partial charge in [0.1, 0.15) is 0 Å². The molecule has 2 aliphatic carbocycles. The molecular weight excluding hydrogens is 188 g/mol. The van der Waals surface area contributed by atoms with Crippen LogP contribution in [0.5, 0.6) is 0 Å². The Bertz CT molecular complexity index is 251. The third kappa shape index (κ3) is 1.53. The molecule has 0 aromatic heterocycles. The summed E-state index contributed by atoms with van der Waals surface area (Å²) in [5.74, 6) is 1.25. The number of ether oxygens (including phenoxy) is 1. The molecular formula is C13H22O2. The summed E-state index contributed by atoms with van der Waals surface area (Å²) >= 11 is 0. The minimum absolute atomic E-state index is 0.192. The van der Waals surface area contributed by atoms with Gasteiger partial charge in [-0.15, -0.1) is 0 Å². The molecule has 0 bridgehead atoms. The molecule has 1 saturated heterocycles. The van der Waals surface area contributed by atoms with E-state index in [4.69, 9.17) is 4.74 Å². The normalized spacial score (nSPS) is 48.4. The Kier molecular flexibility index (Phi) is 2.16. The maximum atomic E-state index is 10.5. The molecule has 0 radical (unpaired) electrons. The first-order valence-electron chi connectivity index (χ1n) is 6.48. The molecule has 1 unspecified atom stereocenters. The van der Waals surface area contributed by atoms with E-state index in [-0.39, 0.29) is 11.2 Å². The Morgan fingerprint density at radius 1 is 1.20 bits per heavy atom. The molecule has 86 valence electrons. The summed E-state index contributed by atoms with van der Waals surface area (Å²) in [6.07, 6.45) is 8.02. The maximum absolute atomic E-state index is 10.5. The number of aliphatic hydroxyl groups is 1. The van der Waals surface area contributed by atoms with Gasteiger partial charge in [0, 0.05) is 6.61 Å². The van der Waals surface area contributed by atoms with Crippen LogP contribution in [0.2, 0.25) is 0 Å². The van der Waals surface area contributed by atoms with Crippen LogP contribution in [0.1, 0.15) is 51.9 Å². The highest BCUT2D eigenvalue weighted by atomic mass is 16.5. The second-order valence-electron chi connectivity index (χ2n) is 6.19. The van der Waals surface area contributed by atoms with Crippen LogP contribution in [0, 0.1) is 11.8 Å². The molecule has 1 spiro atoms. The molecule has 1 N–H and O–H groups in total. The van der Waals surface area contributed by atoms with Crippen molar-refractivity contribution < 1.29 is 9.84 Å². The lowest BCUT2D eigenvalue weighted by Gasteiger charge is -2.55. The van der Waals surface area contributed by atoms with Gasteiger partial charge in [-0.25, -0.2) is 0 Å². The van der Waals surface area contributed by atoms with E-state index in [9.17, 15) is 5.11 Å². The molecule has 2 nitrogen and oxygen atoms in total. The van der Waals surface area contributed by atoms with Gasteiger partial charge in [-0.1, -0.05) is 6.92 Å². The van der Waals surface area contributed by atoms with Crippen LogP contribution in [0.15, 0.2) is 0 Å². The van der Waals surface area contributed by atoms with Crippen molar-refractivity contribution in [2.24, 2.45) is 11.8 Å². The topological polar surface area (TPSA) is 29.5 Å². The molecule has 2 heteroatoms. The molecule has 15 heavy (non-hydrogen) atoms. The van der Waals surface area contributed by atoms with Gasteiger partial charge >= 0.3 is 0 Å². The molecule has 1 heterocycles. The zero-order valence-corrected chi connectivity index (χ0v) is 9.67. The van der Waals surface area contributed by atoms with Gasteiger partial charge in [-0.3, -0.25) is 0 Å². The van der Waals surface area contributed by atoms with E-state index < -0.39 is 0 Å². The van der Waals surface area contributed by atoms with E-state index in [1.807, 2.05) is 0 Å². The van der Waals surface area contributed by atoms with Crippen molar-refractivity contribution in [1.29, 1.82) is 0 Å². The van der Waals surface area contributed by atoms with Gasteiger partial charge in [0.2, 0.25) is 0 Å². The second kappa shape index (κ2) is 3.21. The van der Waals surface area contributed by atoms with Crippen LogP contribution in [0.25, 0.3) is 0 Å². The van der Waals surface area contributed by atoms with E-state index in [0.717, 1.165) is 38.2 Å². The lowest BCUT2D eigenvalue weighted by molar-refractivity contribution is -0.199. The van der Waals surface area contributed by atoms with Crippen molar-refractivity contribution in [3.05, 3.63) is 0 Å². The zero-order valence-electron chi connectivity index (χ0n) is 9.67. The molecule has 0 aromatic rings. The fourth-order valence-electron chi connectivity index (χ4n) is 3.89. The van der Waals surface area contributed by atoms with Gasteiger partial charge in [-0.2, -0.15) is 0 Å². The molecule has 1 atom stereocenters. The molecule has 3 rings (SSSR count). The first-order valence-corrected chi connectivity index (χ1v) is 6.48. The zero-order chi connectivity index (χ0) is 10.5. The minimum atomic E-state index is -0.328. The third-order valence-corrected chi connectivity index (χ3v) is 4.92. The summed E-state index contributed by atoms with van der Waals surface area (Å²) < 4.78 is 5.91. The van der Waals surface area contributed by atoms with Crippen LogP contribution in [-0.4, -0.2) is 22.9 Å². The molecule has 3 aliphatic rings. The Balaban J connectivity index is 1.66. The van der Waals surface area contributed by atoms with Gasteiger partial charge < -0.3 is 9.84 Å². The van der Waals surface area contributed by atoms with Gasteiger partial charge in [-0.05, 0) is 56.8 Å².